The van der Waals surface area contributed by atoms with E-state index in [1.54, 1.807) is 43.3 Å². The largest absolute Gasteiger partial charge is 0.495 e. The molecule has 11 heteroatoms. The van der Waals surface area contributed by atoms with Crippen molar-refractivity contribution in [1.29, 1.82) is 0 Å². The molecule has 152 valence electrons. The number of nitrogen functional groups attached to an aromatic ring is 1. The molecule has 0 saturated heterocycles. The standard InChI is InChI=1S/C18H16Cl3N5O2S/c1-9(17(27)23-14-8-11(20)4-6-15(14)28-2)29-18-25-24-16(26(18)22)12-7-10(19)3-5-13(12)21/h3-9H,22H2,1-2H3,(H,23,27). The van der Waals surface area contributed by atoms with Gasteiger partial charge in [-0.1, -0.05) is 46.6 Å². The van der Waals surface area contributed by atoms with Gasteiger partial charge < -0.3 is 15.9 Å². The van der Waals surface area contributed by atoms with Gasteiger partial charge in [-0.05, 0) is 43.3 Å². The second-order valence-corrected chi connectivity index (χ2v) is 8.48. The van der Waals surface area contributed by atoms with Gasteiger partial charge in [0.1, 0.15) is 5.75 Å². The van der Waals surface area contributed by atoms with Crippen molar-refractivity contribution in [2.24, 2.45) is 0 Å². The summed E-state index contributed by atoms with van der Waals surface area (Å²) in [4.78, 5) is 12.6. The summed E-state index contributed by atoms with van der Waals surface area (Å²) in [6, 6.07) is 9.92. The van der Waals surface area contributed by atoms with E-state index in [0.717, 1.165) is 11.8 Å². The molecule has 3 aromatic rings. The number of anilines is 1. The highest BCUT2D eigenvalue weighted by Gasteiger charge is 2.22. The number of rotatable bonds is 6. The lowest BCUT2D eigenvalue weighted by molar-refractivity contribution is -0.115. The van der Waals surface area contributed by atoms with Gasteiger partial charge in [0, 0.05) is 15.6 Å². The number of thioether (sulfide) groups is 1. The van der Waals surface area contributed by atoms with Crippen LogP contribution in [0.3, 0.4) is 0 Å². The van der Waals surface area contributed by atoms with Crippen LogP contribution in [0.25, 0.3) is 11.4 Å². The number of nitrogens with zero attached hydrogens (tertiary/aromatic N) is 3. The summed E-state index contributed by atoms with van der Waals surface area (Å²) >= 11 is 19.4. The molecular weight excluding hydrogens is 457 g/mol. The maximum absolute atomic E-state index is 12.6. The fourth-order valence-corrected chi connectivity index (χ4v) is 3.75. The van der Waals surface area contributed by atoms with Crippen LogP contribution in [0.15, 0.2) is 41.6 Å². The number of methoxy groups -OCH3 is 1. The van der Waals surface area contributed by atoms with Gasteiger partial charge >= 0.3 is 0 Å². The average Bonchev–Trinajstić information content (AvgIpc) is 3.04. The molecule has 1 unspecified atom stereocenters. The van der Waals surface area contributed by atoms with Crippen molar-refractivity contribution < 1.29 is 9.53 Å². The average molecular weight is 473 g/mol. The van der Waals surface area contributed by atoms with E-state index in [4.69, 9.17) is 45.4 Å². The lowest BCUT2D eigenvalue weighted by Gasteiger charge is -2.14. The first-order valence-corrected chi connectivity index (χ1v) is 10.3. The fourth-order valence-electron chi connectivity index (χ4n) is 2.43. The van der Waals surface area contributed by atoms with E-state index in [9.17, 15) is 4.79 Å². The van der Waals surface area contributed by atoms with Crippen LogP contribution in [0.1, 0.15) is 6.92 Å². The first-order chi connectivity index (χ1) is 13.8. The maximum atomic E-state index is 12.6. The highest BCUT2D eigenvalue weighted by Crippen LogP contribution is 2.32. The monoisotopic (exact) mass is 471 g/mol. The van der Waals surface area contributed by atoms with Crippen LogP contribution in [0, 0.1) is 0 Å². The smallest absolute Gasteiger partial charge is 0.237 e. The minimum absolute atomic E-state index is 0.277. The molecule has 1 atom stereocenters. The summed E-state index contributed by atoms with van der Waals surface area (Å²) in [6.07, 6.45) is 0. The molecule has 0 aliphatic rings. The SMILES string of the molecule is COc1ccc(Cl)cc1NC(=O)C(C)Sc1nnc(-c2cc(Cl)ccc2Cl)n1N. The number of amides is 1. The van der Waals surface area contributed by atoms with Gasteiger partial charge in [0.15, 0.2) is 5.82 Å². The topological polar surface area (TPSA) is 95.1 Å². The number of ether oxygens (including phenoxy) is 1. The molecule has 0 aliphatic carbocycles. The number of halogens is 3. The normalized spacial score (nSPS) is 11.9. The van der Waals surface area contributed by atoms with E-state index in [1.807, 2.05) is 0 Å². The van der Waals surface area contributed by atoms with Gasteiger partial charge in [0.2, 0.25) is 11.1 Å². The number of nitrogens with two attached hydrogens (primary N) is 1. The number of hydrogen-bond donors (Lipinski definition) is 2. The number of nitrogens with one attached hydrogen (secondary N) is 1. The molecule has 0 bridgehead atoms. The first kappa shape index (κ1) is 21.6. The minimum atomic E-state index is -0.534. The quantitative estimate of drug-likeness (QED) is 0.397. The van der Waals surface area contributed by atoms with Crippen LogP contribution in [0.2, 0.25) is 15.1 Å². The van der Waals surface area contributed by atoms with E-state index >= 15 is 0 Å². The molecule has 29 heavy (non-hydrogen) atoms. The van der Waals surface area contributed by atoms with Crippen LogP contribution in [-0.4, -0.2) is 33.1 Å². The molecule has 0 spiro atoms. The van der Waals surface area contributed by atoms with Gasteiger partial charge in [-0.2, -0.15) is 0 Å². The number of benzene rings is 2. The Hall–Kier alpha value is -2.13. The van der Waals surface area contributed by atoms with Crippen molar-refractivity contribution in [3.8, 4) is 17.1 Å². The molecule has 1 amide bonds. The summed E-state index contributed by atoms with van der Waals surface area (Å²) in [5.41, 5.74) is 1.01. The van der Waals surface area contributed by atoms with Crippen molar-refractivity contribution >= 4 is 58.2 Å². The molecule has 3 N–H and O–H groups in total. The third kappa shape index (κ3) is 4.90. The number of hydrogen-bond acceptors (Lipinski definition) is 6. The Bertz CT molecular complexity index is 1060. The predicted octanol–water partition coefficient (Wildman–Crippen LogP) is 4.75. The van der Waals surface area contributed by atoms with Crippen molar-refractivity contribution in [3.63, 3.8) is 0 Å². The van der Waals surface area contributed by atoms with Gasteiger partial charge in [-0.25, -0.2) is 4.68 Å². The summed E-state index contributed by atoms with van der Waals surface area (Å²) in [7, 11) is 1.51. The molecule has 7 nitrogen and oxygen atoms in total. The molecule has 0 fully saturated rings. The Morgan fingerprint density at radius 2 is 1.86 bits per heavy atom. The van der Waals surface area contributed by atoms with E-state index in [0.29, 0.717) is 43.0 Å². The Balaban J connectivity index is 1.77. The number of aromatic nitrogens is 3. The second-order valence-electron chi connectivity index (χ2n) is 5.89. The molecule has 3 rings (SSSR count). The van der Waals surface area contributed by atoms with Crippen LogP contribution in [-0.2, 0) is 4.79 Å². The van der Waals surface area contributed by atoms with Gasteiger partial charge in [-0.15, -0.1) is 10.2 Å². The Morgan fingerprint density at radius 1 is 1.17 bits per heavy atom. The van der Waals surface area contributed by atoms with E-state index < -0.39 is 5.25 Å². The first-order valence-electron chi connectivity index (χ1n) is 8.27. The van der Waals surface area contributed by atoms with E-state index in [2.05, 4.69) is 15.5 Å². The molecule has 0 aliphatic heterocycles. The molecule has 1 heterocycles. The summed E-state index contributed by atoms with van der Waals surface area (Å²) in [5, 5.41) is 12.1. The lowest BCUT2D eigenvalue weighted by Crippen LogP contribution is -2.24. The zero-order chi connectivity index (χ0) is 21.1. The third-order valence-electron chi connectivity index (χ3n) is 3.90. The third-order valence-corrected chi connectivity index (χ3v) is 5.76. The zero-order valence-electron chi connectivity index (χ0n) is 15.3. The Labute approximate surface area is 186 Å². The van der Waals surface area contributed by atoms with Crippen LogP contribution in [0.5, 0.6) is 5.75 Å². The highest BCUT2D eigenvalue weighted by atomic mass is 35.5. The Kier molecular flexibility index (Phi) is 6.79. The van der Waals surface area contributed by atoms with Crippen molar-refractivity contribution in [3.05, 3.63) is 51.5 Å². The highest BCUT2D eigenvalue weighted by molar-refractivity contribution is 8.00. The number of carbonyl (C=O) groups excluding carboxylic acids is 1. The van der Waals surface area contributed by atoms with E-state index in [1.165, 1.54) is 11.8 Å². The molecular formula is C18H16Cl3N5O2S. The molecule has 1 aromatic heterocycles. The lowest BCUT2D eigenvalue weighted by atomic mass is 10.2. The van der Waals surface area contributed by atoms with Crippen LogP contribution in [0.4, 0.5) is 5.69 Å². The van der Waals surface area contributed by atoms with Crippen LogP contribution < -0.4 is 15.9 Å². The molecule has 0 saturated carbocycles. The van der Waals surface area contributed by atoms with Crippen LogP contribution >= 0.6 is 46.6 Å². The molecule has 2 aromatic carbocycles. The fraction of sp³-hybridized carbons (Fsp3) is 0.167. The summed E-state index contributed by atoms with van der Waals surface area (Å²) in [6.45, 7) is 1.72. The predicted molar refractivity (Wildman–Crippen MR) is 118 cm³/mol. The second kappa shape index (κ2) is 9.13. The zero-order valence-corrected chi connectivity index (χ0v) is 18.4. The van der Waals surface area contributed by atoms with Crippen molar-refractivity contribution in [2.75, 3.05) is 18.3 Å². The van der Waals surface area contributed by atoms with E-state index in [-0.39, 0.29) is 5.91 Å². The maximum Gasteiger partial charge on any atom is 0.237 e. The molecule has 0 radical (unpaired) electrons. The van der Waals surface area contributed by atoms with Gasteiger partial charge in [0.05, 0.1) is 23.1 Å². The summed E-state index contributed by atoms with van der Waals surface area (Å²) < 4.78 is 6.51. The minimum Gasteiger partial charge on any atom is -0.495 e. The summed E-state index contributed by atoms with van der Waals surface area (Å²) in [5.74, 6) is 6.68. The van der Waals surface area contributed by atoms with Gasteiger partial charge in [-0.3, -0.25) is 4.79 Å². The van der Waals surface area contributed by atoms with Crippen molar-refractivity contribution in [2.45, 2.75) is 17.3 Å². The Morgan fingerprint density at radius 3 is 2.59 bits per heavy atom. The van der Waals surface area contributed by atoms with Crippen molar-refractivity contribution in [1.82, 2.24) is 14.9 Å². The number of carbonyl (C=O) groups is 1. The van der Waals surface area contributed by atoms with Gasteiger partial charge in [0.25, 0.3) is 0 Å².